The SMILES string of the molecule is CC(C)(N)CC1CC([B-](F)(F)F)C1.[K+]. The van der Waals surface area contributed by atoms with Gasteiger partial charge < -0.3 is 18.7 Å². The molecule has 78 valence electrons. The molecule has 1 aliphatic rings. The molecule has 1 rings (SSSR count). The smallest absolute Gasteiger partial charge is 0.449 e. The maximum atomic E-state index is 12.1. The first-order valence-electron chi connectivity index (χ1n) is 4.67. The van der Waals surface area contributed by atoms with Crippen LogP contribution in [0, 0.1) is 5.92 Å². The normalized spacial score (nSPS) is 27.9. The third-order valence-corrected chi connectivity index (χ3v) is 2.62. The summed E-state index contributed by atoms with van der Waals surface area (Å²) >= 11 is 0. The van der Waals surface area contributed by atoms with Crippen molar-refractivity contribution in [3.63, 3.8) is 0 Å². The molecule has 0 aromatic rings. The Morgan fingerprint density at radius 1 is 1.29 bits per heavy atom. The molecule has 0 spiro atoms. The van der Waals surface area contributed by atoms with Crippen LogP contribution in [0.15, 0.2) is 0 Å². The molecule has 2 N–H and O–H groups in total. The van der Waals surface area contributed by atoms with E-state index in [-0.39, 0.29) is 62.8 Å². The zero-order chi connectivity index (χ0) is 10.3. The molecule has 0 amide bonds. The summed E-state index contributed by atoms with van der Waals surface area (Å²) in [6, 6.07) is 0. The van der Waals surface area contributed by atoms with Crippen molar-refractivity contribution in [2.24, 2.45) is 11.7 Å². The van der Waals surface area contributed by atoms with Gasteiger partial charge in [-0.05, 0) is 26.2 Å². The van der Waals surface area contributed by atoms with E-state index in [0.717, 1.165) is 0 Å². The van der Waals surface area contributed by atoms with E-state index in [1.54, 1.807) is 0 Å². The number of halogens is 3. The van der Waals surface area contributed by atoms with Crippen LogP contribution in [-0.2, 0) is 0 Å². The summed E-state index contributed by atoms with van der Waals surface area (Å²) in [4.78, 5) is 0. The van der Waals surface area contributed by atoms with Gasteiger partial charge in [0.1, 0.15) is 0 Å². The van der Waals surface area contributed by atoms with Gasteiger partial charge in [-0.1, -0.05) is 18.7 Å². The Kier molecular flexibility index (Phi) is 5.73. The molecule has 14 heavy (non-hydrogen) atoms. The van der Waals surface area contributed by atoms with Crippen LogP contribution in [0.5, 0.6) is 0 Å². The van der Waals surface area contributed by atoms with E-state index in [0.29, 0.717) is 19.3 Å². The predicted molar refractivity (Wildman–Crippen MR) is 48.4 cm³/mol. The summed E-state index contributed by atoms with van der Waals surface area (Å²) in [5, 5.41) is 0. The maximum Gasteiger partial charge on any atom is 1.00 e. The van der Waals surface area contributed by atoms with E-state index < -0.39 is 12.8 Å². The number of hydrogen-bond donors (Lipinski definition) is 1. The monoisotopic (exact) mass is 233 g/mol. The summed E-state index contributed by atoms with van der Waals surface area (Å²) < 4.78 is 36.4. The van der Waals surface area contributed by atoms with Gasteiger partial charge >= 0.3 is 58.4 Å². The fourth-order valence-electron chi connectivity index (χ4n) is 2.01. The van der Waals surface area contributed by atoms with Gasteiger partial charge in [-0.15, -0.1) is 0 Å². The maximum absolute atomic E-state index is 12.1. The largest absolute Gasteiger partial charge is 1.00 e. The Balaban J connectivity index is 0.00000169. The van der Waals surface area contributed by atoms with Gasteiger partial charge in [0.15, 0.2) is 0 Å². The second-order valence-corrected chi connectivity index (χ2v) is 4.92. The second kappa shape index (κ2) is 5.19. The van der Waals surface area contributed by atoms with Crippen molar-refractivity contribution >= 4 is 6.98 Å². The molecular weight excluding hydrogens is 217 g/mol. The minimum Gasteiger partial charge on any atom is -0.449 e. The Morgan fingerprint density at radius 3 is 2.00 bits per heavy atom. The van der Waals surface area contributed by atoms with Gasteiger partial charge in [-0.2, -0.15) is 0 Å². The van der Waals surface area contributed by atoms with Crippen LogP contribution >= 0.6 is 0 Å². The van der Waals surface area contributed by atoms with Crippen LogP contribution in [0.25, 0.3) is 0 Å². The Labute approximate surface area is 126 Å². The van der Waals surface area contributed by atoms with E-state index >= 15 is 0 Å². The summed E-state index contributed by atoms with van der Waals surface area (Å²) in [5.41, 5.74) is 5.40. The van der Waals surface area contributed by atoms with Crippen LogP contribution in [-0.4, -0.2) is 12.5 Å². The van der Waals surface area contributed by atoms with Gasteiger partial charge in [-0.25, -0.2) is 0 Å². The van der Waals surface area contributed by atoms with Gasteiger partial charge in [0.25, 0.3) is 0 Å². The third kappa shape index (κ3) is 4.99. The number of nitrogens with two attached hydrogens (primary N) is 1. The van der Waals surface area contributed by atoms with Crippen molar-refractivity contribution in [3.8, 4) is 0 Å². The van der Waals surface area contributed by atoms with Crippen molar-refractivity contribution in [1.29, 1.82) is 0 Å². The molecule has 0 unspecified atom stereocenters. The van der Waals surface area contributed by atoms with Gasteiger partial charge in [0, 0.05) is 5.54 Å². The average molecular weight is 233 g/mol. The molecule has 0 heterocycles. The molecule has 0 aliphatic heterocycles. The van der Waals surface area contributed by atoms with E-state index in [9.17, 15) is 12.9 Å². The van der Waals surface area contributed by atoms with Crippen LogP contribution in [0.1, 0.15) is 33.1 Å². The standard InChI is InChI=1S/C8H16BF3N.K/c1-8(2,13)5-6-3-7(4-6)9(10,11)12;/h6-7H,3-5,13H2,1-2H3;/q-1;+1. The van der Waals surface area contributed by atoms with E-state index in [4.69, 9.17) is 5.73 Å². The number of hydrogen-bond acceptors (Lipinski definition) is 1. The van der Waals surface area contributed by atoms with E-state index in [1.807, 2.05) is 13.8 Å². The predicted octanol–water partition coefficient (Wildman–Crippen LogP) is -0.255. The molecule has 1 saturated carbocycles. The number of rotatable bonds is 3. The third-order valence-electron chi connectivity index (χ3n) is 2.62. The molecule has 0 radical (unpaired) electrons. The zero-order valence-corrected chi connectivity index (χ0v) is 12.2. The van der Waals surface area contributed by atoms with Gasteiger partial charge in [-0.3, -0.25) is 0 Å². The summed E-state index contributed by atoms with van der Waals surface area (Å²) in [5.74, 6) is -0.819. The topological polar surface area (TPSA) is 26.0 Å². The van der Waals surface area contributed by atoms with E-state index in [1.165, 1.54) is 0 Å². The fourth-order valence-corrected chi connectivity index (χ4v) is 2.01. The Hall–Kier alpha value is 1.45. The molecule has 1 aliphatic carbocycles. The summed E-state index contributed by atoms with van der Waals surface area (Å²) in [6.45, 7) is -0.874. The van der Waals surface area contributed by atoms with Crippen LogP contribution < -0.4 is 57.1 Å². The van der Waals surface area contributed by atoms with Crippen molar-refractivity contribution < 1.29 is 64.3 Å². The van der Waals surface area contributed by atoms with Crippen molar-refractivity contribution in [3.05, 3.63) is 0 Å². The molecule has 0 atom stereocenters. The van der Waals surface area contributed by atoms with E-state index in [2.05, 4.69) is 0 Å². The zero-order valence-electron chi connectivity index (χ0n) is 9.06. The van der Waals surface area contributed by atoms with Crippen molar-refractivity contribution in [2.45, 2.75) is 44.5 Å². The minimum absolute atomic E-state index is 0. The molecule has 0 bridgehead atoms. The quantitative estimate of drug-likeness (QED) is 0.668. The van der Waals surface area contributed by atoms with Crippen molar-refractivity contribution in [1.82, 2.24) is 0 Å². The summed E-state index contributed by atoms with van der Waals surface area (Å²) in [6.07, 6.45) is 1.30. The molecule has 0 aromatic heterocycles. The first-order chi connectivity index (χ1) is 5.68. The van der Waals surface area contributed by atoms with Crippen LogP contribution in [0.3, 0.4) is 0 Å². The average Bonchev–Trinajstić information content (AvgIpc) is 1.71. The Bertz CT molecular complexity index is 184. The van der Waals surface area contributed by atoms with Crippen LogP contribution in [0.2, 0.25) is 5.82 Å². The van der Waals surface area contributed by atoms with Crippen LogP contribution in [0.4, 0.5) is 12.9 Å². The first-order valence-corrected chi connectivity index (χ1v) is 4.67. The molecule has 0 aromatic carbocycles. The molecular formula is C8H16BF3KN. The van der Waals surface area contributed by atoms with Gasteiger partial charge in [0.05, 0.1) is 0 Å². The molecule has 1 fully saturated rings. The Morgan fingerprint density at radius 2 is 1.71 bits per heavy atom. The summed E-state index contributed by atoms with van der Waals surface area (Å²) in [7, 11) is 0. The van der Waals surface area contributed by atoms with Gasteiger partial charge in [0.2, 0.25) is 0 Å². The second-order valence-electron chi connectivity index (χ2n) is 4.92. The van der Waals surface area contributed by atoms with Crippen molar-refractivity contribution in [2.75, 3.05) is 0 Å². The molecule has 0 saturated heterocycles. The minimum atomic E-state index is -4.59. The molecule has 6 heteroatoms. The first kappa shape index (κ1) is 15.5. The fraction of sp³-hybridized carbons (Fsp3) is 1.00. The molecule has 1 nitrogen and oxygen atoms in total.